The number of methoxy groups -OCH3 is 3. The highest BCUT2D eigenvalue weighted by Crippen LogP contribution is 2.40. The lowest BCUT2D eigenvalue weighted by Gasteiger charge is -2.23. The minimum Gasteiger partial charge on any atom is -0.493 e. The average molecular weight is 425 g/mol. The smallest absolute Gasteiger partial charge is 0.288 e. The molecule has 2 aromatic rings. The lowest BCUT2D eigenvalue weighted by atomic mass is 10.1. The zero-order valence-electron chi connectivity index (χ0n) is 17.9. The SMILES string of the molecule is COc1cc(-c2nn(CN(C)CC(=O)NC(C)(C)C)c(=S)o2)cc(OC)c1OC. The standard InChI is InChI=1S/C19H28N4O5S/c1-19(2,3)20-15(24)10-22(4)11-23-18(29)28-17(21-23)12-8-13(25-5)16(27-7)14(9-12)26-6/h8-9H,10-11H2,1-7H3,(H,20,24). The normalized spacial score (nSPS) is 11.4. The van der Waals surface area contributed by atoms with E-state index in [-0.39, 0.29) is 22.8 Å². The summed E-state index contributed by atoms with van der Waals surface area (Å²) < 4.78 is 23.2. The summed E-state index contributed by atoms with van der Waals surface area (Å²) in [6, 6.07) is 3.46. The first-order valence-electron chi connectivity index (χ1n) is 8.95. The Bertz CT molecular complexity index is 891. The summed E-state index contributed by atoms with van der Waals surface area (Å²) in [7, 11) is 6.41. The number of benzene rings is 1. The Morgan fingerprint density at radius 1 is 1.21 bits per heavy atom. The Kier molecular flexibility index (Phi) is 7.26. The summed E-state index contributed by atoms with van der Waals surface area (Å²) in [6.45, 7) is 6.29. The molecule has 160 valence electrons. The minimum atomic E-state index is -0.290. The molecule has 0 atom stereocenters. The number of aromatic nitrogens is 2. The van der Waals surface area contributed by atoms with Crippen molar-refractivity contribution in [1.82, 2.24) is 20.0 Å². The molecule has 0 spiro atoms. The molecule has 0 saturated heterocycles. The van der Waals surface area contributed by atoms with Gasteiger partial charge >= 0.3 is 0 Å². The first-order chi connectivity index (χ1) is 13.6. The number of nitrogens with one attached hydrogen (secondary N) is 1. The second-order valence-electron chi connectivity index (χ2n) is 7.54. The summed E-state index contributed by atoms with van der Waals surface area (Å²) in [6.07, 6.45) is 0. The van der Waals surface area contributed by atoms with Crippen LogP contribution in [0.3, 0.4) is 0 Å². The first kappa shape index (κ1) is 22.7. The van der Waals surface area contributed by atoms with Gasteiger partial charge in [0.2, 0.25) is 17.5 Å². The zero-order valence-corrected chi connectivity index (χ0v) is 18.7. The number of hydrogen-bond donors (Lipinski definition) is 1. The predicted molar refractivity (Wildman–Crippen MR) is 111 cm³/mol. The van der Waals surface area contributed by atoms with Gasteiger partial charge in [-0.25, -0.2) is 4.68 Å². The Balaban J connectivity index is 2.22. The van der Waals surface area contributed by atoms with Gasteiger partial charge in [-0.3, -0.25) is 9.69 Å². The molecule has 10 heteroatoms. The van der Waals surface area contributed by atoms with E-state index in [0.29, 0.717) is 35.4 Å². The summed E-state index contributed by atoms with van der Waals surface area (Å²) in [5.74, 6) is 1.66. The van der Waals surface area contributed by atoms with Crippen molar-refractivity contribution in [3.63, 3.8) is 0 Å². The number of carbonyl (C=O) groups excluding carboxylic acids is 1. The van der Waals surface area contributed by atoms with Crippen LogP contribution in [-0.4, -0.2) is 61.0 Å². The Hall–Kier alpha value is -2.59. The number of carbonyl (C=O) groups is 1. The van der Waals surface area contributed by atoms with E-state index in [1.807, 2.05) is 20.8 Å². The Morgan fingerprint density at radius 2 is 1.79 bits per heavy atom. The number of likely N-dealkylation sites (N-methyl/N-ethyl adjacent to an activating group) is 1. The molecule has 0 aliphatic rings. The molecule has 0 radical (unpaired) electrons. The zero-order chi connectivity index (χ0) is 21.8. The number of hydrogen-bond acceptors (Lipinski definition) is 8. The fraction of sp³-hybridized carbons (Fsp3) is 0.526. The lowest BCUT2D eigenvalue weighted by molar-refractivity contribution is -0.123. The molecule has 0 bridgehead atoms. The van der Waals surface area contributed by atoms with Gasteiger partial charge in [0.1, 0.15) is 0 Å². The summed E-state index contributed by atoms with van der Waals surface area (Å²) in [4.78, 5) is 14.1. The van der Waals surface area contributed by atoms with Crippen LogP contribution in [0.1, 0.15) is 20.8 Å². The van der Waals surface area contributed by atoms with Gasteiger partial charge in [0.15, 0.2) is 11.5 Å². The molecule has 1 aromatic carbocycles. The van der Waals surface area contributed by atoms with E-state index < -0.39 is 0 Å². The fourth-order valence-corrected chi connectivity index (χ4v) is 2.88. The van der Waals surface area contributed by atoms with Gasteiger partial charge in [0.25, 0.3) is 4.84 Å². The summed E-state index contributed by atoms with van der Waals surface area (Å²) in [5, 5.41) is 7.35. The van der Waals surface area contributed by atoms with Crippen LogP contribution < -0.4 is 19.5 Å². The van der Waals surface area contributed by atoms with Crippen molar-refractivity contribution in [1.29, 1.82) is 0 Å². The molecule has 0 saturated carbocycles. The molecule has 0 aliphatic carbocycles. The van der Waals surface area contributed by atoms with Crippen molar-refractivity contribution in [3.8, 4) is 28.7 Å². The first-order valence-corrected chi connectivity index (χ1v) is 9.36. The van der Waals surface area contributed by atoms with Gasteiger partial charge < -0.3 is 23.9 Å². The number of ether oxygens (including phenoxy) is 3. The average Bonchev–Trinajstić information content (AvgIpc) is 2.98. The molecule has 0 aliphatic heterocycles. The van der Waals surface area contributed by atoms with Crippen molar-refractivity contribution in [2.45, 2.75) is 33.0 Å². The molecule has 1 heterocycles. The van der Waals surface area contributed by atoms with E-state index >= 15 is 0 Å². The van der Waals surface area contributed by atoms with Crippen LogP contribution in [0.5, 0.6) is 17.2 Å². The molecule has 29 heavy (non-hydrogen) atoms. The maximum Gasteiger partial charge on any atom is 0.288 e. The maximum atomic E-state index is 12.1. The van der Waals surface area contributed by atoms with Gasteiger partial charge in [-0.15, -0.1) is 5.10 Å². The Morgan fingerprint density at radius 3 is 2.28 bits per heavy atom. The molecule has 9 nitrogen and oxygen atoms in total. The monoisotopic (exact) mass is 424 g/mol. The predicted octanol–water partition coefficient (Wildman–Crippen LogP) is 2.70. The van der Waals surface area contributed by atoms with E-state index in [2.05, 4.69) is 10.4 Å². The third-order valence-electron chi connectivity index (χ3n) is 3.82. The third kappa shape index (κ3) is 5.94. The quantitative estimate of drug-likeness (QED) is 0.647. The molecule has 0 unspecified atom stereocenters. The van der Waals surface area contributed by atoms with Crippen molar-refractivity contribution in [3.05, 3.63) is 17.0 Å². The van der Waals surface area contributed by atoms with Crippen LogP contribution in [0, 0.1) is 4.84 Å². The van der Waals surface area contributed by atoms with Gasteiger partial charge in [-0.1, -0.05) is 0 Å². The van der Waals surface area contributed by atoms with Crippen LogP contribution in [0.4, 0.5) is 0 Å². The van der Waals surface area contributed by atoms with E-state index in [0.717, 1.165) is 0 Å². The number of nitrogens with zero attached hydrogens (tertiary/aromatic N) is 3. The molecule has 2 rings (SSSR count). The second kappa shape index (κ2) is 9.27. The fourth-order valence-electron chi connectivity index (χ4n) is 2.70. The minimum absolute atomic E-state index is 0.0835. The highest BCUT2D eigenvalue weighted by atomic mass is 32.1. The number of amides is 1. The molecule has 1 amide bonds. The second-order valence-corrected chi connectivity index (χ2v) is 7.89. The third-order valence-corrected chi connectivity index (χ3v) is 4.12. The van der Waals surface area contributed by atoms with E-state index in [1.165, 1.54) is 26.0 Å². The molecule has 1 aromatic heterocycles. The van der Waals surface area contributed by atoms with Gasteiger partial charge in [-0.05, 0) is 52.2 Å². The van der Waals surface area contributed by atoms with Crippen molar-refractivity contribution in [2.24, 2.45) is 0 Å². The highest BCUT2D eigenvalue weighted by Gasteiger charge is 2.19. The van der Waals surface area contributed by atoms with Crippen LogP contribution in [0.15, 0.2) is 16.5 Å². The van der Waals surface area contributed by atoms with Crippen LogP contribution >= 0.6 is 12.2 Å². The molecule has 0 fully saturated rings. The summed E-state index contributed by atoms with van der Waals surface area (Å²) >= 11 is 5.28. The molecule has 1 N–H and O–H groups in total. The Labute approximate surface area is 175 Å². The maximum absolute atomic E-state index is 12.1. The van der Waals surface area contributed by atoms with E-state index in [1.54, 1.807) is 24.1 Å². The molecular weight excluding hydrogens is 396 g/mol. The van der Waals surface area contributed by atoms with Gasteiger partial charge in [0.05, 0.1) is 34.5 Å². The molecular formula is C19H28N4O5S. The van der Waals surface area contributed by atoms with Crippen molar-refractivity contribution in [2.75, 3.05) is 34.9 Å². The topological polar surface area (TPSA) is 91.0 Å². The van der Waals surface area contributed by atoms with Crippen molar-refractivity contribution >= 4 is 18.1 Å². The van der Waals surface area contributed by atoms with Crippen LogP contribution in [-0.2, 0) is 11.5 Å². The van der Waals surface area contributed by atoms with E-state index in [9.17, 15) is 4.79 Å². The highest BCUT2D eigenvalue weighted by molar-refractivity contribution is 7.71. The summed E-state index contributed by atoms with van der Waals surface area (Å²) in [5.41, 5.74) is 0.333. The lowest BCUT2D eigenvalue weighted by Crippen LogP contribution is -2.45. The number of rotatable bonds is 8. The van der Waals surface area contributed by atoms with Gasteiger partial charge in [0, 0.05) is 11.1 Å². The van der Waals surface area contributed by atoms with Crippen LogP contribution in [0.25, 0.3) is 11.5 Å². The van der Waals surface area contributed by atoms with E-state index in [4.69, 9.17) is 30.8 Å². The van der Waals surface area contributed by atoms with Gasteiger partial charge in [-0.2, -0.15) is 0 Å². The van der Waals surface area contributed by atoms with Crippen LogP contribution in [0.2, 0.25) is 0 Å². The largest absolute Gasteiger partial charge is 0.493 e. The van der Waals surface area contributed by atoms with Crippen molar-refractivity contribution < 1.29 is 23.4 Å².